The number of halogens is 1. The number of hydrogen-bond acceptors (Lipinski definition) is 2. The van der Waals surface area contributed by atoms with E-state index < -0.39 is 18.0 Å². The van der Waals surface area contributed by atoms with Crippen LogP contribution in [0.3, 0.4) is 0 Å². The predicted molar refractivity (Wildman–Crippen MR) is 61.0 cm³/mol. The van der Waals surface area contributed by atoms with E-state index in [-0.39, 0.29) is 0 Å². The van der Waals surface area contributed by atoms with Crippen LogP contribution in [-0.4, -0.2) is 22.8 Å². The first-order chi connectivity index (χ1) is 6.91. The molecule has 0 aromatic heterocycles. The van der Waals surface area contributed by atoms with Gasteiger partial charge in [0.05, 0.1) is 6.61 Å². The number of carbonyl (C=O) groups is 1. The molecular weight excluding hydrogens is 260 g/mol. The van der Waals surface area contributed by atoms with Crippen LogP contribution in [0.5, 0.6) is 0 Å². The van der Waals surface area contributed by atoms with Gasteiger partial charge in [-0.25, -0.2) is 0 Å². The lowest BCUT2D eigenvalue weighted by Gasteiger charge is -2.24. The van der Waals surface area contributed by atoms with Gasteiger partial charge in [0.1, 0.15) is 5.41 Å². The second-order valence-corrected chi connectivity index (χ2v) is 4.67. The van der Waals surface area contributed by atoms with Gasteiger partial charge in [-0.3, -0.25) is 4.79 Å². The molecule has 3 nitrogen and oxygen atoms in total. The molecular formula is C11H13BrO3. The van der Waals surface area contributed by atoms with E-state index in [1.54, 1.807) is 6.07 Å². The van der Waals surface area contributed by atoms with E-state index >= 15 is 0 Å². The van der Waals surface area contributed by atoms with Gasteiger partial charge >= 0.3 is 5.97 Å². The van der Waals surface area contributed by atoms with Crippen LogP contribution in [0.15, 0.2) is 22.7 Å². The largest absolute Gasteiger partial charge is 0.481 e. The molecule has 0 aliphatic carbocycles. The molecule has 1 aromatic rings. The van der Waals surface area contributed by atoms with Crippen LogP contribution in [0, 0.1) is 6.92 Å². The van der Waals surface area contributed by atoms with Gasteiger partial charge in [-0.1, -0.05) is 22.0 Å². The molecule has 0 fully saturated rings. The van der Waals surface area contributed by atoms with Crippen molar-refractivity contribution in [1.29, 1.82) is 0 Å². The number of aryl methyl sites for hydroxylation is 1. The zero-order valence-electron chi connectivity index (χ0n) is 8.62. The SMILES string of the molecule is Cc1ccc(Br)cc1C(C)(CO)C(=O)O. The Balaban J connectivity index is 3.35. The number of rotatable bonds is 3. The van der Waals surface area contributed by atoms with Gasteiger partial charge in [-0.15, -0.1) is 0 Å². The Morgan fingerprint density at radius 3 is 2.60 bits per heavy atom. The number of hydrogen-bond donors (Lipinski definition) is 2. The fourth-order valence-electron chi connectivity index (χ4n) is 1.46. The lowest BCUT2D eigenvalue weighted by atomic mass is 9.81. The van der Waals surface area contributed by atoms with Crippen LogP contribution in [0.4, 0.5) is 0 Å². The number of aliphatic hydroxyl groups is 1. The first-order valence-corrected chi connectivity index (χ1v) is 5.32. The molecule has 0 bridgehead atoms. The second-order valence-electron chi connectivity index (χ2n) is 3.75. The van der Waals surface area contributed by atoms with Crippen molar-refractivity contribution >= 4 is 21.9 Å². The number of benzene rings is 1. The highest BCUT2D eigenvalue weighted by Crippen LogP contribution is 2.29. The smallest absolute Gasteiger partial charge is 0.316 e. The van der Waals surface area contributed by atoms with Crippen LogP contribution in [0.1, 0.15) is 18.1 Å². The minimum absolute atomic E-state index is 0.417. The van der Waals surface area contributed by atoms with E-state index in [1.165, 1.54) is 6.92 Å². The lowest BCUT2D eigenvalue weighted by Crippen LogP contribution is -2.36. The highest BCUT2D eigenvalue weighted by atomic mass is 79.9. The summed E-state index contributed by atoms with van der Waals surface area (Å²) < 4.78 is 0.809. The van der Waals surface area contributed by atoms with Crippen molar-refractivity contribution in [2.24, 2.45) is 0 Å². The fraction of sp³-hybridized carbons (Fsp3) is 0.364. The summed E-state index contributed by atoms with van der Waals surface area (Å²) in [6, 6.07) is 5.41. The normalized spacial score (nSPS) is 14.7. The highest BCUT2D eigenvalue weighted by Gasteiger charge is 2.35. The second kappa shape index (κ2) is 4.33. The van der Waals surface area contributed by atoms with E-state index in [0.717, 1.165) is 10.0 Å². The summed E-state index contributed by atoms with van der Waals surface area (Å²) in [5.41, 5.74) is 0.248. The zero-order valence-corrected chi connectivity index (χ0v) is 10.2. The lowest BCUT2D eigenvalue weighted by molar-refractivity contribution is -0.144. The molecule has 0 aliphatic rings. The molecule has 0 aliphatic heterocycles. The minimum Gasteiger partial charge on any atom is -0.481 e. The molecule has 0 heterocycles. The summed E-state index contributed by atoms with van der Waals surface area (Å²) in [5.74, 6) is -1.02. The summed E-state index contributed by atoms with van der Waals surface area (Å²) in [6.45, 7) is 2.93. The maximum atomic E-state index is 11.1. The highest BCUT2D eigenvalue weighted by molar-refractivity contribution is 9.10. The molecule has 1 rings (SSSR count). The van der Waals surface area contributed by atoms with Crippen molar-refractivity contribution in [3.05, 3.63) is 33.8 Å². The molecule has 0 spiro atoms. The maximum Gasteiger partial charge on any atom is 0.316 e. The standard InChI is InChI=1S/C11H13BrO3/c1-7-3-4-8(12)5-9(7)11(2,6-13)10(14)15/h3-5,13H,6H2,1-2H3,(H,14,15). The van der Waals surface area contributed by atoms with Gasteiger partial charge in [0.15, 0.2) is 0 Å². The summed E-state index contributed by atoms with van der Waals surface area (Å²) in [4.78, 5) is 11.1. The van der Waals surface area contributed by atoms with Crippen LogP contribution in [-0.2, 0) is 10.2 Å². The number of aliphatic carboxylic acids is 1. The molecule has 2 N–H and O–H groups in total. The number of carboxylic acid groups (broad SMARTS) is 1. The quantitative estimate of drug-likeness (QED) is 0.886. The van der Waals surface area contributed by atoms with Crippen molar-refractivity contribution in [3.63, 3.8) is 0 Å². The van der Waals surface area contributed by atoms with Gasteiger partial charge in [0, 0.05) is 4.47 Å². The van der Waals surface area contributed by atoms with E-state index in [0.29, 0.717) is 5.56 Å². The number of aliphatic hydroxyl groups excluding tert-OH is 1. The van der Waals surface area contributed by atoms with Crippen LogP contribution >= 0.6 is 15.9 Å². The molecule has 0 radical (unpaired) electrons. The van der Waals surface area contributed by atoms with Crippen LogP contribution < -0.4 is 0 Å². The van der Waals surface area contributed by atoms with Gasteiger partial charge in [-0.05, 0) is 37.1 Å². The summed E-state index contributed by atoms with van der Waals surface area (Å²) in [6.07, 6.45) is 0. The molecule has 82 valence electrons. The van der Waals surface area contributed by atoms with Gasteiger partial charge < -0.3 is 10.2 Å². The summed E-state index contributed by atoms with van der Waals surface area (Å²) >= 11 is 3.29. The van der Waals surface area contributed by atoms with Gasteiger partial charge in [0.2, 0.25) is 0 Å². The predicted octanol–water partition coefficient (Wildman–Crippen LogP) is 2.09. The van der Waals surface area contributed by atoms with E-state index in [1.807, 2.05) is 19.1 Å². The Morgan fingerprint density at radius 2 is 2.13 bits per heavy atom. The minimum atomic E-state index is -1.24. The van der Waals surface area contributed by atoms with E-state index in [4.69, 9.17) is 5.11 Å². The molecule has 0 saturated carbocycles. The first-order valence-electron chi connectivity index (χ1n) is 4.52. The van der Waals surface area contributed by atoms with Crippen LogP contribution in [0.25, 0.3) is 0 Å². The number of carboxylic acids is 1. The van der Waals surface area contributed by atoms with E-state index in [2.05, 4.69) is 15.9 Å². The van der Waals surface area contributed by atoms with Gasteiger partial charge in [0.25, 0.3) is 0 Å². The Morgan fingerprint density at radius 1 is 1.53 bits per heavy atom. The van der Waals surface area contributed by atoms with Gasteiger partial charge in [-0.2, -0.15) is 0 Å². The van der Waals surface area contributed by atoms with Crippen molar-refractivity contribution in [2.75, 3.05) is 6.61 Å². The molecule has 0 amide bonds. The monoisotopic (exact) mass is 272 g/mol. The third kappa shape index (κ3) is 2.21. The first kappa shape index (κ1) is 12.2. The Hall–Kier alpha value is -0.870. The molecule has 15 heavy (non-hydrogen) atoms. The Bertz CT molecular complexity index is 389. The molecule has 1 atom stereocenters. The third-order valence-electron chi connectivity index (χ3n) is 2.58. The average molecular weight is 273 g/mol. The maximum absolute atomic E-state index is 11.1. The fourth-order valence-corrected chi connectivity index (χ4v) is 1.82. The topological polar surface area (TPSA) is 57.5 Å². The van der Waals surface area contributed by atoms with E-state index in [9.17, 15) is 9.90 Å². The summed E-state index contributed by atoms with van der Waals surface area (Å²) in [5, 5.41) is 18.4. The van der Waals surface area contributed by atoms with Crippen molar-refractivity contribution in [2.45, 2.75) is 19.3 Å². The van der Waals surface area contributed by atoms with Crippen molar-refractivity contribution in [1.82, 2.24) is 0 Å². The van der Waals surface area contributed by atoms with Crippen molar-refractivity contribution in [3.8, 4) is 0 Å². The Labute approximate surface area is 96.9 Å². The van der Waals surface area contributed by atoms with Crippen molar-refractivity contribution < 1.29 is 15.0 Å². The average Bonchev–Trinajstić information content (AvgIpc) is 2.20. The molecule has 1 aromatic carbocycles. The summed E-state index contributed by atoms with van der Waals surface area (Å²) in [7, 11) is 0. The Kier molecular flexibility index (Phi) is 3.52. The zero-order chi connectivity index (χ0) is 11.6. The molecule has 4 heteroatoms. The van der Waals surface area contributed by atoms with Crippen LogP contribution in [0.2, 0.25) is 0 Å². The molecule has 1 unspecified atom stereocenters. The third-order valence-corrected chi connectivity index (χ3v) is 3.08. The molecule has 0 saturated heterocycles.